The maximum absolute atomic E-state index is 5.46. The molecule has 0 spiro atoms. The molecule has 64 valence electrons. The van der Waals surface area contributed by atoms with E-state index in [-0.39, 0.29) is 0 Å². The van der Waals surface area contributed by atoms with Crippen molar-refractivity contribution in [2.45, 2.75) is 12.3 Å². The fraction of sp³-hybridized carbons (Fsp3) is 0.500. The lowest BCUT2D eigenvalue weighted by molar-refractivity contribution is 0.193. The molecule has 1 aromatic rings. The standard InChI is InChI=1S/C8H11N3O/c9-8-10-3-1-7(11-8)6-2-4-12-5-6/h1,3,6H,2,4-5H2,(H2,9,10,11). The predicted molar refractivity (Wildman–Crippen MR) is 44.6 cm³/mol. The lowest BCUT2D eigenvalue weighted by Gasteiger charge is -2.05. The van der Waals surface area contributed by atoms with Crippen molar-refractivity contribution in [3.8, 4) is 0 Å². The van der Waals surface area contributed by atoms with Crippen LogP contribution in [0.5, 0.6) is 0 Å². The van der Waals surface area contributed by atoms with Gasteiger partial charge >= 0.3 is 0 Å². The topological polar surface area (TPSA) is 61.0 Å². The first kappa shape index (κ1) is 7.49. The molecular formula is C8H11N3O. The fourth-order valence-electron chi connectivity index (χ4n) is 1.38. The molecule has 1 fully saturated rings. The van der Waals surface area contributed by atoms with Crippen molar-refractivity contribution in [1.82, 2.24) is 9.97 Å². The van der Waals surface area contributed by atoms with Gasteiger partial charge in [0.15, 0.2) is 0 Å². The van der Waals surface area contributed by atoms with Gasteiger partial charge in [-0.2, -0.15) is 0 Å². The van der Waals surface area contributed by atoms with Crippen LogP contribution in [0.25, 0.3) is 0 Å². The summed E-state index contributed by atoms with van der Waals surface area (Å²) in [6.07, 6.45) is 2.73. The first-order chi connectivity index (χ1) is 5.86. The van der Waals surface area contributed by atoms with Crippen LogP contribution in [0.3, 0.4) is 0 Å². The summed E-state index contributed by atoms with van der Waals surface area (Å²) >= 11 is 0. The summed E-state index contributed by atoms with van der Waals surface area (Å²) in [6.45, 7) is 1.59. The minimum Gasteiger partial charge on any atom is -0.381 e. The van der Waals surface area contributed by atoms with Crippen LogP contribution in [0.15, 0.2) is 12.3 Å². The Kier molecular flexibility index (Phi) is 1.91. The van der Waals surface area contributed by atoms with Crippen LogP contribution in [-0.2, 0) is 4.74 Å². The Morgan fingerprint density at radius 1 is 1.58 bits per heavy atom. The van der Waals surface area contributed by atoms with Crippen LogP contribution in [0.4, 0.5) is 5.95 Å². The molecule has 2 N–H and O–H groups in total. The van der Waals surface area contributed by atoms with Crippen LogP contribution in [0, 0.1) is 0 Å². The van der Waals surface area contributed by atoms with Gasteiger partial charge in [-0.15, -0.1) is 0 Å². The van der Waals surface area contributed by atoms with Crippen LogP contribution in [0.2, 0.25) is 0 Å². The van der Waals surface area contributed by atoms with E-state index < -0.39 is 0 Å². The quantitative estimate of drug-likeness (QED) is 0.660. The second kappa shape index (κ2) is 3.06. The van der Waals surface area contributed by atoms with Crippen molar-refractivity contribution in [2.75, 3.05) is 18.9 Å². The largest absolute Gasteiger partial charge is 0.381 e. The van der Waals surface area contributed by atoms with Gasteiger partial charge in [0.05, 0.1) is 12.3 Å². The van der Waals surface area contributed by atoms with Crippen molar-refractivity contribution >= 4 is 5.95 Å². The zero-order valence-corrected chi connectivity index (χ0v) is 6.73. The minimum absolute atomic E-state index is 0.347. The second-order valence-electron chi connectivity index (χ2n) is 2.90. The molecule has 0 saturated carbocycles. The molecule has 4 heteroatoms. The number of anilines is 1. The number of rotatable bonds is 1. The molecule has 2 heterocycles. The zero-order chi connectivity index (χ0) is 8.39. The van der Waals surface area contributed by atoms with E-state index in [9.17, 15) is 0 Å². The number of nitrogens with two attached hydrogens (primary N) is 1. The highest BCUT2D eigenvalue weighted by Crippen LogP contribution is 2.22. The van der Waals surface area contributed by atoms with Crippen LogP contribution in [0.1, 0.15) is 18.0 Å². The van der Waals surface area contributed by atoms with E-state index in [0.717, 1.165) is 25.3 Å². The number of ether oxygens (including phenoxy) is 1. The molecule has 0 aromatic carbocycles. The van der Waals surface area contributed by atoms with Crippen molar-refractivity contribution in [3.63, 3.8) is 0 Å². The van der Waals surface area contributed by atoms with Crippen LogP contribution >= 0.6 is 0 Å². The first-order valence-electron chi connectivity index (χ1n) is 4.02. The summed E-state index contributed by atoms with van der Waals surface area (Å²) in [4.78, 5) is 7.98. The third-order valence-corrected chi connectivity index (χ3v) is 2.04. The van der Waals surface area contributed by atoms with Crippen molar-refractivity contribution < 1.29 is 4.74 Å². The summed E-state index contributed by atoms with van der Waals surface area (Å²) in [5.41, 5.74) is 6.46. The predicted octanol–water partition coefficient (Wildman–Crippen LogP) is 0.563. The SMILES string of the molecule is Nc1nccc(C2CCOC2)n1. The third kappa shape index (κ3) is 1.38. The molecule has 1 unspecified atom stereocenters. The Morgan fingerprint density at radius 3 is 3.17 bits per heavy atom. The Labute approximate surface area is 70.8 Å². The fourth-order valence-corrected chi connectivity index (χ4v) is 1.38. The number of aromatic nitrogens is 2. The van der Waals surface area contributed by atoms with Gasteiger partial charge in [-0.3, -0.25) is 0 Å². The average molecular weight is 165 g/mol. The maximum Gasteiger partial charge on any atom is 0.220 e. The van der Waals surface area contributed by atoms with Gasteiger partial charge in [-0.25, -0.2) is 9.97 Å². The number of hydrogen-bond donors (Lipinski definition) is 1. The first-order valence-corrected chi connectivity index (χ1v) is 4.02. The number of hydrogen-bond acceptors (Lipinski definition) is 4. The summed E-state index contributed by atoms with van der Waals surface area (Å²) in [7, 11) is 0. The summed E-state index contributed by atoms with van der Waals surface area (Å²) in [6, 6.07) is 1.90. The minimum atomic E-state index is 0.347. The Balaban J connectivity index is 2.21. The van der Waals surface area contributed by atoms with E-state index in [4.69, 9.17) is 10.5 Å². The Hall–Kier alpha value is -1.16. The molecule has 1 saturated heterocycles. The molecule has 0 bridgehead atoms. The van der Waals surface area contributed by atoms with Gasteiger partial charge in [0.25, 0.3) is 0 Å². The summed E-state index contributed by atoms with van der Waals surface area (Å²) in [5, 5.41) is 0. The highest BCUT2D eigenvalue weighted by atomic mass is 16.5. The molecule has 1 atom stereocenters. The summed E-state index contributed by atoms with van der Waals surface area (Å²) < 4.78 is 5.25. The van der Waals surface area contributed by atoms with Crippen LogP contribution < -0.4 is 5.73 Å². The molecule has 2 rings (SSSR count). The van der Waals surface area contributed by atoms with Gasteiger partial charge in [-0.05, 0) is 12.5 Å². The van der Waals surface area contributed by atoms with Gasteiger partial charge < -0.3 is 10.5 Å². The van der Waals surface area contributed by atoms with Crippen molar-refractivity contribution in [3.05, 3.63) is 18.0 Å². The highest BCUT2D eigenvalue weighted by molar-refractivity contribution is 5.20. The lowest BCUT2D eigenvalue weighted by atomic mass is 10.1. The Morgan fingerprint density at radius 2 is 2.50 bits per heavy atom. The summed E-state index contributed by atoms with van der Waals surface area (Å²) in [5.74, 6) is 0.759. The molecule has 0 amide bonds. The number of nitrogens with zero attached hydrogens (tertiary/aromatic N) is 2. The van der Waals surface area contributed by atoms with E-state index >= 15 is 0 Å². The number of nitrogen functional groups attached to an aromatic ring is 1. The van der Waals surface area contributed by atoms with E-state index in [1.807, 2.05) is 6.07 Å². The molecular weight excluding hydrogens is 154 g/mol. The molecule has 12 heavy (non-hydrogen) atoms. The van der Waals surface area contributed by atoms with Crippen molar-refractivity contribution in [2.24, 2.45) is 0 Å². The van der Waals surface area contributed by atoms with Gasteiger partial charge in [0.2, 0.25) is 5.95 Å². The maximum atomic E-state index is 5.46. The van der Waals surface area contributed by atoms with Gasteiger partial charge in [0, 0.05) is 18.7 Å². The molecule has 1 aliphatic rings. The molecule has 0 aliphatic carbocycles. The second-order valence-corrected chi connectivity index (χ2v) is 2.90. The zero-order valence-electron chi connectivity index (χ0n) is 6.73. The van der Waals surface area contributed by atoms with Gasteiger partial charge in [0.1, 0.15) is 0 Å². The molecule has 4 nitrogen and oxygen atoms in total. The average Bonchev–Trinajstić information content (AvgIpc) is 2.56. The van der Waals surface area contributed by atoms with E-state index in [0.29, 0.717) is 11.9 Å². The smallest absolute Gasteiger partial charge is 0.220 e. The monoisotopic (exact) mass is 165 g/mol. The molecule has 1 aliphatic heterocycles. The lowest BCUT2D eigenvalue weighted by Crippen LogP contribution is -2.04. The van der Waals surface area contributed by atoms with E-state index in [1.54, 1.807) is 6.20 Å². The third-order valence-electron chi connectivity index (χ3n) is 2.04. The Bertz CT molecular complexity index is 271. The molecule has 1 aromatic heterocycles. The van der Waals surface area contributed by atoms with E-state index in [1.165, 1.54) is 0 Å². The van der Waals surface area contributed by atoms with E-state index in [2.05, 4.69) is 9.97 Å². The molecule has 0 radical (unpaired) electrons. The normalized spacial score (nSPS) is 22.8. The van der Waals surface area contributed by atoms with Gasteiger partial charge in [-0.1, -0.05) is 0 Å². The highest BCUT2D eigenvalue weighted by Gasteiger charge is 2.18. The van der Waals surface area contributed by atoms with Crippen LogP contribution in [-0.4, -0.2) is 23.2 Å². The van der Waals surface area contributed by atoms with Crippen molar-refractivity contribution in [1.29, 1.82) is 0 Å².